The van der Waals surface area contributed by atoms with Crippen LogP contribution in [0.25, 0.3) is 0 Å². The van der Waals surface area contributed by atoms with Gasteiger partial charge in [-0.15, -0.1) is 0 Å². The van der Waals surface area contributed by atoms with E-state index in [9.17, 15) is 9.59 Å². The molecule has 5 nitrogen and oxygen atoms in total. The van der Waals surface area contributed by atoms with E-state index >= 15 is 0 Å². The highest BCUT2D eigenvalue weighted by atomic mass is 16.4. The van der Waals surface area contributed by atoms with E-state index in [-0.39, 0.29) is 18.4 Å². The van der Waals surface area contributed by atoms with Crippen molar-refractivity contribution in [2.75, 3.05) is 0 Å². The van der Waals surface area contributed by atoms with Crippen molar-refractivity contribution in [1.82, 2.24) is 10.2 Å². The average Bonchev–Trinajstić information content (AvgIpc) is 2.54. The second kappa shape index (κ2) is 5.90. The number of hydrogen-bond donors (Lipinski definition) is 2. The zero-order valence-electron chi connectivity index (χ0n) is 12.6. The highest BCUT2D eigenvalue weighted by molar-refractivity contribution is 5.83. The predicted octanol–water partition coefficient (Wildman–Crippen LogP) is 1.62. The minimum atomic E-state index is -0.902. The lowest BCUT2D eigenvalue weighted by molar-refractivity contribution is -0.139. The molecule has 0 aliphatic carbocycles. The van der Waals surface area contributed by atoms with Crippen molar-refractivity contribution < 1.29 is 14.7 Å². The highest BCUT2D eigenvalue weighted by Crippen LogP contribution is 2.26. The topological polar surface area (TPSA) is 69.6 Å². The summed E-state index contributed by atoms with van der Waals surface area (Å²) in [6, 6.07) is 0.581. The first-order chi connectivity index (χ1) is 8.64. The molecule has 3 unspecified atom stereocenters. The van der Waals surface area contributed by atoms with Crippen LogP contribution in [0.4, 0.5) is 0 Å². The Morgan fingerprint density at radius 2 is 1.79 bits per heavy atom. The molecule has 0 aromatic heterocycles. The second-order valence-electron chi connectivity index (χ2n) is 6.34. The molecule has 110 valence electrons. The molecule has 19 heavy (non-hydrogen) atoms. The van der Waals surface area contributed by atoms with Crippen LogP contribution in [-0.4, -0.2) is 45.5 Å². The van der Waals surface area contributed by atoms with Crippen LogP contribution < -0.4 is 5.32 Å². The number of nitrogens with zero attached hydrogens (tertiary/aromatic N) is 1. The van der Waals surface area contributed by atoms with Gasteiger partial charge >= 0.3 is 5.97 Å². The third-order valence-electron chi connectivity index (χ3n) is 3.90. The summed E-state index contributed by atoms with van der Waals surface area (Å²) in [5.74, 6) is -0.993. The van der Waals surface area contributed by atoms with Gasteiger partial charge in [0.1, 0.15) is 0 Å². The van der Waals surface area contributed by atoms with Gasteiger partial charge in [-0.25, -0.2) is 0 Å². The summed E-state index contributed by atoms with van der Waals surface area (Å²) in [5, 5.41) is 11.7. The molecular weight excluding hydrogens is 244 g/mol. The van der Waals surface area contributed by atoms with Gasteiger partial charge in [-0.1, -0.05) is 0 Å². The number of carbonyl (C=O) groups excluding carboxylic acids is 1. The van der Waals surface area contributed by atoms with Gasteiger partial charge in [-0.3, -0.25) is 14.5 Å². The SMILES string of the molecule is CC1CCC(C)N1C(C)C(=O)NC(C)(C)CC(=O)O. The molecule has 0 aromatic rings. The fourth-order valence-electron chi connectivity index (χ4n) is 2.97. The molecule has 1 fully saturated rings. The summed E-state index contributed by atoms with van der Waals surface area (Å²) in [6.07, 6.45) is 2.14. The fraction of sp³-hybridized carbons (Fsp3) is 0.857. The molecule has 0 saturated carbocycles. The number of aliphatic carboxylic acids is 1. The van der Waals surface area contributed by atoms with Crippen LogP contribution in [0.5, 0.6) is 0 Å². The van der Waals surface area contributed by atoms with Gasteiger partial charge < -0.3 is 10.4 Å². The maximum atomic E-state index is 12.3. The molecule has 0 aromatic carbocycles. The van der Waals surface area contributed by atoms with E-state index in [1.807, 2.05) is 6.92 Å². The normalized spacial score (nSPS) is 26.2. The molecule has 1 heterocycles. The Hall–Kier alpha value is -1.10. The van der Waals surface area contributed by atoms with Gasteiger partial charge in [0, 0.05) is 17.6 Å². The van der Waals surface area contributed by atoms with E-state index in [1.165, 1.54) is 0 Å². The average molecular weight is 270 g/mol. The van der Waals surface area contributed by atoms with Crippen molar-refractivity contribution >= 4 is 11.9 Å². The minimum absolute atomic E-state index is 0.0729. The summed E-state index contributed by atoms with van der Waals surface area (Å²) >= 11 is 0. The smallest absolute Gasteiger partial charge is 0.305 e. The number of nitrogens with one attached hydrogen (secondary N) is 1. The molecule has 0 spiro atoms. The lowest BCUT2D eigenvalue weighted by atomic mass is 10.00. The molecular formula is C14H26N2O3. The lowest BCUT2D eigenvalue weighted by Crippen LogP contribution is -2.54. The fourth-order valence-corrected chi connectivity index (χ4v) is 2.97. The first-order valence-electron chi connectivity index (χ1n) is 6.95. The Labute approximate surface area is 115 Å². The van der Waals surface area contributed by atoms with Gasteiger partial charge in [0.25, 0.3) is 0 Å². The molecule has 1 aliphatic heterocycles. The van der Waals surface area contributed by atoms with Crippen molar-refractivity contribution in [2.45, 2.75) is 77.5 Å². The molecule has 5 heteroatoms. The van der Waals surface area contributed by atoms with Crippen LogP contribution in [0, 0.1) is 0 Å². The van der Waals surface area contributed by atoms with Crippen LogP contribution in [0.3, 0.4) is 0 Å². The van der Waals surface area contributed by atoms with Crippen molar-refractivity contribution in [3.05, 3.63) is 0 Å². The van der Waals surface area contributed by atoms with Crippen LogP contribution in [0.1, 0.15) is 53.9 Å². The van der Waals surface area contributed by atoms with Crippen LogP contribution in [0.15, 0.2) is 0 Å². The number of amides is 1. The standard InChI is InChI=1S/C14H26N2O3/c1-9-6-7-10(2)16(9)11(3)13(19)15-14(4,5)8-12(17)18/h9-11H,6-8H2,1-5H3,(H,15,19)(H,17,18). The first kappa shape index (κ1) is 16.0. The predicted molar refractivity (Wildman–Crippen MR) is 73.9 cm³/mol. The third kappa shape index (κ3) is 4.20. The lowest BCUT2D eigenvalue weighted by Gasteiger charge is -2.34. The number of hydrogen-bond acceptors (Lipinski definition) is 3. The van der Waals surface area contributed by atoms with Gasteiger partial charge in [0.05, 0.1) is 12.5 Å². The van der Waals surface area contributed by atoms with E-state index in [0.717, 1.165) is 12.8 Å². The van der Waals surface area contributed by atoms with E-state index in [4.69, 9.17) is 5.11 Å². The van der Waals surface area contributed by atoms with Crippen LogP contribution >= 0.6 is 0 Å². The molecule has 0 bridgehead atoms. The molecule has 1 saturated heterocycles. The van der Waals surface area contributed by atoms with Crippen LogP contribution in [0.2, 0.25) is 0 Å². The Kier molecular flexibility index (Phi) is 4.96. The molecule has 2 N–H and O–H groups in total. The quantitative estimate of drug-likeness (QED) is 0.796. The van der Waals surface area contributed by atoms with Crippen molar-refractivity contribution in [2.24, 2.45) is 0 Å². The number of carbonyl (C=O) groups is 2. The summed E-state index contributed by atoms with van der Waals surface area (Å²) in [7, 11) is 0. The maximum Gasteiger partial charge on any atom is 0.305 e. The van der Waals surface area contributed by atoms with Gasteiger partial charge in [0.2, 0.25) is 5.91 Å². The number of rotatable bonds is 5. The van der Waals surface area contributed by atoms with E-state index in [2.05, 4.69) is 24.1 Å². The number of likely N-dealkylation sites (tertiary alicyclic amines) is 1. The Morgan fingerprint density at radius 1 is 1.32 bits per heavy atom. The molecule has 1 amide bonds. The number of carboxylic acids is 1. The third-order valence-corrected chi connectivity index (χ3v) is 3.90. The summed E-state index contributed by atoms with van der Waals surface area (Å²) < 4.78 is 0. The zero-order chi connectivity index (χ0) is 14.8. The van der Waals surface area contributed by atoms with E-state index in [0.29, 0.717) is 12.1 Å². The van der Waals surface area contributed by atoms with Crippen molar-refractivity contribution in [1.29, 1.82) is 0 Å². The molecule has 0 radical (unpaired) electrons. The van der Waals surface area contributed by atoms with Gasteiger partial charge in [-0.05, 0) is 47.5 Å². The summed E-state index contributed by atoms with van der Waals surface area (Å²) in [4.78, 5) is 25.3. The first-order valence-corrected chi connectivity index (χ1v) is 6.95. The highest BCUT2D eigenvalue weighted by Gasteiger charge is 2.36. The maximum absolute atomic E-state index is 12.3. The summed E-state index contributed by atoms with van der Waals surface area (Å²) in [6.45, 7) is 9.64. The van der Waals surface area contributed by atoms with E-state index < -0.39 is 11.5 Å². The Morgan fingerprint density at radius 3 is 2.21 bits per heavy atom. The Balaban J connectivity index is 2.64. The molecule has 1 rings (SSSR count). The minimum Gasteiger partial charge on any atom is -0.481 e. The second-order valence-corrected chi connectivity index (χ2v) is 6.34. The van der Waals surface area contributed by atoms with Crippen molar-refractivity contribution in [3.63, 3.8) is 0 Å². The monoisotopic (exact) mass is 270 g/mol. The van der Waals surface area contributed by atoms with Gasteiger partial charge in [0.15, 0.2) is 0 Å². The van der Waals surface area contributed by atoms with Crippen molar-refractivity contribution in [3.8, 4) is 0 Å². The largest absolute Gasteiger partial charge is 0.481 e. The zero-order valence-corrected chi connectivity index (χ0v) is 12.6. The van der Waals surface area contributed by atoms with E-state index in [1.54, 1.807) is 13.8 Å². The Bertz CT molecular complexity index is 345. The molecule has 3 atom stereocenters. The molecule has 1 aliphatic rings. The van der Waals surface area contributed by atoms with Crippen LogP contribution in [-0.2, 0) is 9.59 Å². The summed E-state index contributed by atoms with van der Waals surface area (Å²) in [5.41, 5.74) is -0.719. The number of carboxylic acid groups (broad SMARTS) is 1. The van der Waals surface area contributed by atoms with Gasteiger partial charge in [-0.2, -0.15) is 0 Å².